The standard InChI is InChI=1S/C12H21N3O3/c1-8-4-6-15(10(8)11(16)17)12(18)14-5-2-3-9(13)7-14/h8-10H,2-7,13H2,1H3,(H,16,17). The van der Waals surface area contributed by atoms with Gasteiger partial charge < -0.3 is 20.6 Å². The Morgan fingerprint density at radius 1 is 1.28 bits per heavy atom. The molecule has 2 fully saturated rings. The molecule has 0 aromatic heterocycles. The van der Waals surface area contributed by atoms with Crippen molar-refractivity contribution >= 4 is 12.0 Å². The second-order valence-electron chi connectivity index (χ2n) is 5.37. The first-order chi connectivity index (χ1) is 8.50. The van der Waals surface area contributed by atoms with Gasteiger partial charge in [0.1, 0.15) is 6.04 Å². The van der Waals surface area contributed by atoms with E-state index in [1.54, 1.807) is 4.90 Å². The van der Waals surface area contributed by atoms with Gasteiger partial charge >= 0.3 is 12.0 Å². The molecule has 0 saturated carbocycles. The molecule has 3 atom stereocenters. The van der Waals surface area contributed by atoms with Crippen LogP contribution >= 0.6 is 0 Å². The van der Waals surface area contributed by atoms with Crippen molar-refractivity contribution in [3.63, 3.8) is 0 Å². The predicted molar refractivity (Wildman–Crippen MR) is 66.1 cm³/mol. The van der Waals surface area contributed by atoms with Gasteiger partial charge in [-0.3, -0.25) is 0 Å². The number of nitrogens with two attached hydrogens (primary N) is 1. The minimum atomic E-state index is -0.908. The molecular weight excluding hydrogens is 234 g/mol. The van der Waals surface area contributed by atoms with Crippen molar-refractivity contribution in [2.75, 3.05) is 19.6 Å². The van der Waals surface area contributed by atoms with Crippen LogP contribution in [-0.4, -0.2) is 58.6 Å². The molecule has 2 rings (SSSR count). The topological polar surface area (TPSA) is 86.9 Å². The summed E-state index contributed by atoms with van der Waals surface area (Å²) in [7, 11) is 0. The van der Waals surface area contributed by atoms with Crippen molar-refractivity contribution in [2.24, 2.45) is 11.7 Å². The second kappa shape index (κ2) is 5.14. The summed E-state index contributed by atoms with van der Waals surface area (Å²) in [6.45, 7) is 3.64. The van der Waals surface area contributed by atoms with Crippen LogP contribution in [0.25, 0.3) is 0 Å². The van der Waals surface area contributed by atoms with Crippen LogP contribution in [0.2, 0.25) is 0 Å². The van der Waals surface area contributed by atoms with Crippen molar-refractivity contribution in [3.05, 3.63) is 0 Å². The van der Waals surface area contributed by atoms with E-state index in [0.717, 1.165) is 19.3 Å². The second-order valence-corrected chi connectivity index (χ2v) is 5.37. The van der Waals surface area contributed by atoms with Gasteiger partial charge in [-0.25, -0.2) is 9.59 Å². The van der Waals surface area contributed by atoms with E-state index in [-0.39, 0.29) is 18.0 Å². The van der Waals surface area contributed by atoms with E-state index in [1.165, 1.54) is 4.90 Å². The Hall–Kier alpha value is -1.30. The van der Waals surface area contributed by atoms with E-state index in [4.69, 9.17) is 5.73 Å². The maximum Gasteiger partial charge on any atom is 0.326 e. The van der Waals surface area contributed by atoms with Crippen LogP contribution in [0.15, 0.2) is 0 Å². The Morgan fingerprint density at radius 2 is 2.00 bits per heavy atom. The molecular formula is C12H21N3O3. The lowest BCUT2D eigenvalue weighted by Crippen LogP contribution is -2.53. The fourth-order valence-electron chi connectivity index (χ4n) is 2.90. The summed E-state index contributed by atoms with van der Waals surface area (Å²) < 4.78 is 0. The molecule has 0 aromatic rings. The summed E-state index contributed by atoms with van der Waals surface area (Å²) in [5, 5.41) is 9.22. The van der Waals surface area contributed by atoms with Crippen molar-refractivity contribution in [3.8, 4) is 0 Å². The number of nitrogens with zero attached hydrogens (tertiary/aromatic N) is 2. The summed E-state index contributed by atoms with van der Waals surface area (Å²) in [5.41, 5.74) is 5.85. The van der Waals surface area contributed by atoms with Crippen molar-refractivity contribution in [1.82, 2.24) is 9.80 Å². The summed E-state index contributed by atoms with van der Waals surface area (Å²) in [5.74, 6) is -0.889. The number of urea groups is 1. The van der Waals surface area contributed by atoms with Gasteiger partial charge in [0.2, 0.25) is 0 Å². The molecule has 3 unspecified atom stereocenters. The number of carbonyl (C=O) groups is 2. The average Bonchev–Trinajstić information content (AvgIpc) is 2.70. The molecule has 2 aliphatic heterocycles. The molecule has 3 N–H and O–H groups in total. The number of rotatable bonds is 1. The minimum Gasteiger partial charge on any atom is -0.480 e. The molecule has 0 aliphatic carbocycles. The first-order valence-electron chi connectivity index (χ1n) is 6.54. The number of amides is 2. The number of likely N-dealkylation sites (tertiary alicyclic amines) is 2. The van der Waals surface area contributed by atoms with E-state index in [2.05, 4.69) is 0 Å². The van der Waals surface area contributed by atoms with E-state index in [1.807, 2.05) is 6.92 Å². The Bertz CT molecular complexity index is 347. The fraction of sp³-hybridized carbons (Fsp3) is 0.833. The zero-order valence-electron chi connectivity index (χ0n) is 10.7. The van der Waals surface area contributed by atoms with Crippen LogP contribution in [0, 0.1) is 5.92 Å². The summed E-state index contributed by atoms with van der Waals surface area (Å²) in [6.07, 6.45) is 2.58. The first-order valence-corrected chi connectivity index (χ1v) is 6.54. The van der Waals surface area contributed by atoms with Gasteiger partial charge in [-0.1, -0.05) is 6.92 Å². The number of piperidine rings is 1. The quantitative estimate of drug-likeness (QED) is 0.706. The highest BCUT2D eigenvalue weighted by molar-refractivity contribution is 5.83. The molecule has 0 radical (unpaired) electrons. The van der Waals surface area contributed by atoms with Gasteiger partial charge in [0.25, 0.3) is 0 Å². The lowest BCUT2D eigenvalue weighted by Gasteiger charge is -2.35. The van der Waals surface area contributed by atoms with Crippen LogP contribution in [0.4, 0.5) is 4.79 Å². The third-order valence-electron chi connectivity index (χ3n) is 3.93. The third kappa shape index (κ3) is 2.43. The van der Waals surface area contributed by atoms with Gasteiger partial charge in [0, 0.05) is 25.7 Å². The van der Waals surface area contributed by atoms with E-state index >= 15 is 0 Å². The first kappa shape index (κ1) is 13.1. The summed E-state index contributed by atoms with van der Waals surface area (Å²) in [6, 6.07) is -0.830. The number of carboxylic acid groups (broad SMARTS) is 1. The lowest BCUT2D eigenvalue weighted by molar-refractivity contribution is -0.142. The SMILES string of the molecule is CC1CCN(C(=O)N2CCCC(N)C2)C1C(=O)O. The molecule has 0 aromatic carbocycles. The van der Waals surface area contributed by atoms with Gasteiger partial charge in [-0.2, -0.15) is 0 Å². The fourth-order valence-corrected chi connectivity index (χ4v) is 2.90. The number of hydrogen-bond donors (Lipinski definition) is 2. The number of carbonyl (C=O) groups excluding carboxylic acids is 1. The highest BCUT2D eigenvalue weighted by Gasteiger charge is 2.41. The van der Waals surface area contributed by atoms with Crippen LogP contribution in [0.3, 0.4) is 0 Å². The Balaban J connectivity index is 2.06. The zero-order chi connectivity index (χ0) is 13.3. The molecule has 6 nitrogen and oxygen atoms in total. The molecule has 0 bridgehead atoms. The van der Waals surface area contributed by atoms with Crippen molar-refractivity contribution in [1.29, 1.82) is 0 Å². The van der Waals surface area contributed by atoms with Gasteiger partial charge in [0.05, 0.1) is 0 Å². The summed E-state index contributed by atoms with van der Waals surface area (Å²) >= 11 is 0. The van der Waals surface area contributed by atoms with Crippen LogP contribution in [-0.2, 0) is 4.79 Å². The van der Waals surface area contributed by atoms with E-state index in [9.17, 15) is 14.7 Å². The van der Waals surface area contributed by atoms with E-state index in [0.29, 0.717) is 19.6 Å². The maximum atomic E-state index is 12.3. The molecule has 102 valence electrons. The highest BCUT2D eigenvalue weighted by Crippen LogP contribution is 2.26. The number of carboxylic acids is 1. The smallest absolute Gasteiger partial charge is 0.326 e. The Morgan fingerprint density at radius 3 is 2.61 bits per heavy atom. The molecule has 2 amide bonds. The van der Waals surface area contributed by atoms with Gasteiger partial charge in [-0.05, 0) is 25.2 Å². The van der Waals surface area contributed by atoms with Crippen LogP contribution < -0.4 is 5.73 Å². The van der Waals surface area contributed by atoms with E-state index < -0.39 is 12.0 Å². The maximum absolute atomic E-state index is 12.3. The Labute approximate surface area is 107 Å². The molecule has 6 heteroatoms. The lowest BCUT2D eigenvalue weighted by atomic mass is 10.0. The van der Waals surface area contributed by atoms with Crippen LogP contribution in [0.5, 0.6) is 0 Å². The zero-order valence-corrected chi connectivity index (χ0v) is 10.7. The largest absolute Gasteiger partial charge is 0.480 e. The highest BCUT2D eigenvalue weighted by atomic mass is 16.4. The molecule has 18 heavy (non-hydrogen) atoms. The Kier molecular flexibility index (Phi) is 3.75. The predicted octanol–water partition coefficient (Wildman–Crippen LogP) is 0.325. The van der Waals surface area contributed by atoms with Crippen molar-refractivity contribution < 1.29 is 14.7 Å². The third-order valence-corrected chi connectivity index (χ3v) is 3.93. The minimum absolute atomic E-state index is 0.0184. The summed E-state index contributed by atoms with van der Waals surface area (Å²) in [4.78, 5) is 26.8. The van der Waals surface area contributed by atoms with Gasteiger partial charge in [-0.15, -0.1) is 0 Å². The van der Waals surface area contributed by atoms with Crippen LogP contribution in [0.1, 0.15) is 26.2 Å². The molecule has 2 aliphatic rings. The normalized spacial score (nSPS) is 32.7. The monoisotopic (exact) mass is 255 g/mol. The molecule has 0 spiro atoms. The molecule has 2 heterocycles. The van der Waals surface area contributed by atoms with Gasteiger partial charge in [0.15, 0.2) is 0 Å². The van der Waals surface area contributed by atoms with Crippen molar-refractivity contribution in [2.45, 2.75) is 38.3 Å². The number of aliphatic carboxylic acids is 1. The molecule has 2 saturated heterocycles. The number of hydrogen-bond acceptors (Lipinski definition) is 3. The average molecular weight is 255 g/mol.